The number of aryl methyl sites for hydroxylation is 2. The Bertz CT molecular complexity index is 537. The maximum Gasteiger partial charge on any atom is 0.319 e. The lowest BCUT2D eigenvalue weighted by Gasteiger charge is -2.11. The topological polar surface area (TPSA) is 63.0 Å². The van der Waals surface area contributed by atoms with E-state index in [0.717, 1.165) is 25.0 Å². The van der Waals surface area contributed by atoms with E-state index >= 15 is 0 Å². The van der Waals surface area contributed by atoms with Crippen molar-refractivity contribution in [1.82, 2.24) is 4.98 Å². The molecule has 0 radical (unpaired) electrons. The van der Waals surface area contributed by atoms with Crippen molar-refractivity contribution in [3.63, 3.8) is 0 Å². The van der Waals surface area contributed by atoms with Crippen molar-refractivity contribution < 1.29 is 9.53 Å². The van der Waals surface area contributed by atoms with Crippen LogP contribution >= 0.6 is 11.8 Å². The van der Waals surface area contributed by atoms with Crippen LogP contribution in [0, 0.1) is 11.3 Å². The van der Waals surface area contributed by atoms with Crippen LogP contribution in [0.15, 0.2) is 11.1 Å². The van der Waals surface area contributed by atoms with Crippen molar-refractivity contribution in [1.29, 1.82) is 5.26 Å². The van der Waals surface area contributed by atoms with Crippen LogP contribution in [0.5, 0.6) is 0 Å². The molecule has 0 aromatic carbocycles. The fourth-order valence-electron chi connectivity index (χ4n) is 2.10. The SMILES string of the molecule is CCOC(=O)C(C)Sc1nc2c(cc1C#N)CCC2. The van der Waals surface area contributed by atoms with Crippen LogP contribution in [0.25, 0.3) is 0 Å². The molecule has 0 saturated heterocycles. The highest BCUT2D eigenvalue weighted by molar-refractivity contribution is 8.00. The zero-order valence-corrected chi connectivity index (χ0v) is 11.9. The summed E-state index contributed by atoms with van der Waals surface area (Å²) in [4.78, 5) is 16.2. The van der Waals surface area contributed by atoms with Gasteiger partial charge in [-0.3, -0.25) is 4.79 Å². The first-order valence-electron chi connectivity index (χ1n) is 6.42. The van der Waals surface area contributed by atoms with Gasteiger partial charge in [0.05, 0.1) is 12.2 Å². The second-order valence-electron chi connectivity index (χ2n) is 4.42. The molecule has 0 saturated carbocycles. The maximum atomic E-state index is 11.6. The molecule has 0 aliphatic heterocycles. The van der Waals surface area contributed by atoms with Gasteiger partial charge in [0.15, 0.2) is 0 Å². The number of nitrogens with zero attached hydrogens (tertiary/aromatic N) is 2. The van der Waals surface area contributed by atoms with Crippen molar-refractivity contribution in [3.8, 4) is 6.07 Å². The van der Waals surface area contributed by atoms with E-state index in [0.29, 0.717) is 17.2 Å². The van der Waals surface area contributed by atoms with Crippen molar-refractivity contribution in [2.75, 3.05) is 6.61 Å². The lowest BCUT2D eigenvalue weighted by Crippen LogP contribution is -2.17. The molecule has 0 amide bonds. The third kappa shape index (κ3) is 3.07. The van der Waals surface area contributed by atoms with Crippen LogP contribution in [0.1, 0.15) is 37.1 Å². The number of carbonyl (C=O) groups is 1. The van der Waals surface area contributed by atoms with E-state index in [4.69, 9.17) is 4.74 Å². The number of nitriles is 1. The normalized spacial score (nSPS) is 14.6. The quantitative estimate of drug-likeness (QED) is 0.624. The summed E-state index contributed by atoms with van der Waals surface area (Å²) < 4.78 is 4.97. The van der Waals surface area contributed by atoms with E-state index in [2.05, 4.69) is 11.1 Å². The third-order valence-electron chi connectivity index (χ3n) is 3.04. The number of ether oxygens (including phenoxy) is 1. The minimum atomic E-state index is -0.348. The molecular weight excluding hydrogens is 260 g/mol. The molecule has 1 unspecified atom stereocenters. The van der Waals surface area contributed by atoms with E-state index in [1.165, 1.54) is 17.3 Å². The number of carbonyl (C=O) groups excluding carboxylic acids is 1. The number of rotatable bonds is 4. The fraction of sp³-hybridized carbons (Fsp3) is 0.500. The molecule has 1 atom stereocenters. The number of hydrogen-bond acceptors (Lipinski definition) is 5. The molecule has 100 valence electrons. The number of pyridine rings is 1. The van der Waals surface area contributed by atoms with Gasteiger partial charge in [-0.1, -0.05) is 11.8 Å². The number of hydrogen-bond donors (Lipinski definition) is 0. The van der Waals surface area contributed by atoms with Gasteiger partial charge in [-0.15, -0.1) is 0 Å². The average Bonchev–Trinajstić information content (AvgIpc) is 2.85. The zero-order valence-electron chi connectivity index (χ0n) is 11.1. The Morgan fingerprint density at radius 3 is 3.11 bits per heavy atom. The molecular formula is C14H16N2O2S. The second kappa shape index (κ2) is 6.07. The highest BCUT2D eigenvalue weighted by atomic mass is 32.2. The predicted molar refractivity (Wildman–Crippen MR) is 72.9 cm³/mol. The fourth-order valence-corrected chi connectivity index (χ4v) is 2.99. The molecule has 1 aliphatic carbocycles. The molecule has 0 fully saturated rings. The largest absolute Gasteiger partial charge is 0.465 e. The van der Waals surface area contributed by atoms with Crippen LogP contribution < -0.4 is 0 Å². The van der Waals surface area contributed by atoms with E-state index in [1.54, 1.807) is 13.8 Å². The van der Waals surface area contributed by atoms with Crippen LogP contribution in [0.4, 0.5) is 0 Å². The molecule has 4 nitrogen and oxygen atoms in total. The van der Waals surface area contributed by atoms with Crippen molar-refractivity contribution >= 4 is 17.7 Å². The molecule has 1 aromatic rings. The van der Waals surface area contributed by atoms with Gasteiger partial charge in [-0.2, -0.15) is 5.26 Å². The lowest BCUT2D eigenvalue weighted by molar-refractivity contribution is -0.142. The van der Waals surface area contributed by atoms with Crippen molar-refractivity contribution in [2.45, 2.75) is 43.4 Å². The van der Waals surface area contributed by atoms with Gasteiger partial charge in [0.2, 0.25) is 0 Å². The van der Waals surface area contributed by atoms with Crippen LogP contribution in [-0.4, -0.2) is 22.8 Å². The van der Waals surface area contributed by atoms with Crippen LogP contribution in [0.2, 0.25) is 0 Å². The van der Waals surface area contributed by atoms with Gasteiger partial charge in [-0.25, -0.2) is 4.98 Å². The summed E-state index contributed by atoms with van der Waals surface area (Å²) in [5, 5.41) is 9.48. The van der Waals surface area contributed by atoms with Gasteiger partial charge < -0.3 is 4.74 Å². The van der Waals surface area contributed by atoms with Gasteiger partial charge in [0, 0.05) is 5.69 Å². The Labute approximate surface area is 117 Å². The van der Waals surface area contributed by atoms with E-state index in [1.807, 2.05) is 6.07 Å². The molecule has 0 bridgehead atoms. The molecule has 1 aromatic heterocycles. The van der Waals surface area contributed by atoms with Gasteiger partial charge in [0.1, 0.15) is 16.3 Å². The molecule has 1 heterocycles. The van der Waals surface area contributed by atoms with Crippen molar-refractivity contribution in [3.05, 3.63) is 22.9 Å². The highest BCUT2D eigenvalue weighted by Crippen LogP contribution is 2.30. The number of aromatic nitrogens is 1. The summed E-state index contributed by atoms with van der Waals surface area (Å²) in [5.74, 6) is -0.265. The molecule has 0 N–H and O–H groups in total. The Kier molecular flexibility index (Phi) is 4.43. The third-order valence-corrected chi connectivity index (χ3v) is 4.12. The molecule has 19 heavy (non-hydrogen) atoms. The number of fused-ring (bicyclic) bond motifs is 1. The van der Waals surface area contributed by atoms with Crippen LogP contribution in [-0.2, 0) is 22.4 Å². The van der Waals surface area contributed by atoms with Crippen LogP contribution in [0.3, 0.4) is 0 Å². The van der Waals surface area contributed by atoms with Gasteiger partial charge in [0.25, 0.3) is 0 Å². The monoisotopic (exact) mass is 276 g/mol. The first-order valence-corrected chi connectivity index (χ1v) is 7.29. The molecule has 0 spiro atoms. The summed E-state index contributed by atoms with van der Waals surface area (Å²) >= 11 is 1.30. The van der Waals surface area contributed by atoms with E-state index in [-0.39, 0.29) is 11.2 Å². The molecule has 2 rings (SSSR count). The van der Waals surface area contributed by atoms with E-state index in [9.17, 15) is 10.1 Å². The molecule has 5 heteroatoms. The van der Waals surface area contributed by atoms with E-state index < -0.39 is 0 Å². The first kappa shape index (κ1) is 13.9. The first-order chi connectivity index (χ1) is 9.15. The summed E-state index contributed by atoms with van der Waals surface area (Å²) in [6.07, 6.45) is 3.05. The van der Waals surface area contributed by atoms with Crippen molar-refractivity contribution in [2.24, 2.45) is 0 Å². The number of thioether (sulfide) groups is 1. The molecule has 1 aliphatic rings. The second-order valence-corrected chi connectivity index (χ2v) is 5.75. The standard InChI is InChI=1S/C14H16N2O2S/c1-3-18-14(17)9(2)19-13-11(8-15)7-10-5-4-6-12(10)16-13/h7,9H,3-6H2,1-2H3. The minimum absolute atomic E-state index is 0.265. The summed E-state index contributed by atoms with van der Waals surface area (Å²) in [7, 11) is 0. The number of esters is 1. The average molecular weight is 276 g/mol. The maximum absolute atomic E-state index is 11.6. The predicted octanol–water partition coefficient (Wildman–Crippen LogP) is 2.49. The lowest BCUT2D eigenvalue weighted by atomic mass is 10.2. The van der Waals surface area contributed by atoms with Gasteiger partial charge >= 0.3 is 5.97 Å². The summed E-state index contributed by atoms with van der Waals surface area (Å²) in [6, 6.07) is 4.08. The Morgan fingerprint density at radius 2 is 2.42 bits per heavy atom. The van der Waals surface area contributed by atoms with Gasteiger partial charge in [-0.05, 0) is 44.7 Å². The summed E-state index contributed by atoms with van der Waals surface area (Å²) in [5.41, 5.74) is 2.80. The Hall–Kier alpha value is -1.54. The summed E-state index contributed by atoms with van der Waals surface area (Å²) in [6.45, 7) is 3.93. The minimum Gasteiger partial charge on any atom is -0.465 e. The highest BCUT2D eigenvalue weighted by Gasteiger charge is 2.21. The Balaban J connectivity index is 2.20. The Morgan fingerprint density at radius 1 is 1.63 bits per heavy atom. The zero-order chi connectivity index (χ0) is 13.8. The smallest absolute Gasteiger partial charge is 0.319 e.